The number of fused-ring (bicyclic) bond motifs is 1. The van der Waals surface area contributed by atoms with E-state index in [9.17, 15) is 0 Å². The van der Waals surface area contributed by atoms with E-state index in [4.69, 9.17) is 0 Å². The molecular formula is C14H14BrN. The molecule has 3 rings (SSSR count). The van der Waals surface area contributed by atoms with Crippen molar-refractivity contribution in [3.8, 4) is 0 Å². The van der Waals surface area contributed by atoms with Gasteiger partial charge in [-0.25, -0.2) is 0 Å². The van der Waals surface area contributed by atoms with Crippen molar-refractivity contribution in [3.63, 3.8) is 0 Å². The number of anilines is 1. The van der Waals surface area contributed by atoms with E-state index in [1.807, 2.05) is 0 Å². The number of rotatable bonds is 2. The predicted molar refractivity (Wildman–Crippen MR) is 72.9 cm³/mol. The van der Waals surface area contributed by atoms with E-state index in [1.54, 1.807) is 0 Å². The maximum Gasteiger partial charge on any atom is 0.0422 e. The summed E-state index contributed by atoms with van der Waals surface area (Å²) in [4.78, 5) is 0. The molecule has 2 heteroatoms. The Labute approximate surface area is 104 Å². The zero-order valence-electron chi connectivity index (χ0n) is 9.04. The van der Waals surface area contributed by atoms with Crippen LogP contribution in [0.25, 0.3) is 10.8 Å². The number of halogens is 1. The largest absolute Gasteiger partial charge is 0.382 e. The van der Waals surface area contributed by atoms with Crippen LogP contribution in [-0.2, 0) is 0 Å². The average molecular weight is 276 g/mol. The lowest BCUT2D eigenvalue weighted by Crippen LogP contribution is -2.26. The van der Waals surface area contributed by atoms with Gasteiger partial charge in [0.25, 0.3) is 0 Å². The highest BCUT2D eigenvalue weighted by Gasteiger charge is 2.17. The normalized spacial score (nSPS) is 16.1. The Bertz CT molecular complexity index is 517. The highest BCUT2D eigenvalue weighted by atomic mass is 79.9. The molecule has 1 aliphatic carbocycles. The molecule has 1 fully saturated rings. The minimum atomic E-state index is 0.685. The Kier molecular flexibility index (Phi) is 2.60. The van der Waals surface area contributed by atoms with E-state index in [0.717, 1.165) is 0 Å². The molecule has 82 valence electrons. The molecule has 2 aromatic carbocycles. The zero-order valence-corrected chi connectivity index (χ0v) is 10.6. The molecule has 16 heavy (non-hydrogen) atoms. The van der Waals surface area contributed by atoms with E-state index in [0.29, 0.717) is 6.04 Å². The summed E-state index contributed by atoms with van der Waals surface area (Å²) in [5.41, 5.74) is 1.27. The van der Waals surface area contributed by atoms with Gasteiger partial charge >= 0.3 is 0 Å². The lowest BCUT2D eigenvalue weighted by atomic mass is 9.92. The summed E-state index contributed by atoms with van der Waals surface area (Å²) in [6.45, 7) is 0. The van der Waals surface area contributed by atoms with Crippen molar-refractivity contribution >= 4 is 32.4 Å². The first-order valence-corrected chi connectivity index (χ1v) is 6.58. The van der Waals surface area contributed by atoms with Gasteiger partial charge in [-0.15, -0.1) is 0 Å². The summed E-state index contributed by atoms with van der Waals surface area (Å²) >= 11 is 3.60. The molecule has 0 radical (unpaired) electrons. The van der Waals surface area contributed by atoms with E-state index >= 15 is 0 Å². The van der Waals surface area contributed by atoms with Gasteiger partial charge in [-0.2, -0.15) is 0 Å². The molecular weight excluding hydrogens is 262 g/mol. The molecule has 0 spiro atoms. The summed E-state index contributed by atoms with van der Waals surface area (Å²) in [6, 6.07) is 13.5. The van der Waals surface area contributed by atoms with Crippen LogP contribution in [0.5, 0.6) is 0 Å². The van der Waals surface area contributed by atoms with Gasteiger partial charge in [0, 0.05) is 21.6 Å². The molecule has 1 saturated carbocycles. The van der Waals surface area contributed by atoms with Crippen LogP contribution < -0.4 is 5.32 Å². The van der Waals surface area contributed by atoms with Crippen molar-refractivity contribution in [3.05, 3.63) is 40.9 Å². The van der Waals surface area contributed by atoms with Crippen molar-refractivity contribution in [2.24, 2.45) is 0 Å². The quantitative estimate of drug-likeness (QED) is 0.847. The van der Waals surface area contributed by atoms with Crippen LogP contribution in [0.15, 0.2) is 40.9 Å². The van der Waals surface area contributed by atoms with E-state index in [-0.39, 0.29) is 0 Å². The van der Waals surface area contributed by atoms with Crippen molar-refractivity contribution in [1.29, 1.82) is 0 Å². The van der Waals surface area contributed by atoms with Crippen LogP contribution >= 0.6 is 15.9 Å². The van der Waals surface area contributed by atoms with Crippen molar-refractivity contribution in [2.75, 3.05) is 5.32 Å². The van der Waals surface area contributed by atoms with Crippen LogP contribution in [0.1, 0.15) is 19.3 Å². The summed E-state index contributed by atoms with van der Waals surface area (Å²) in [6.07, 6.45) is 3.99. The van der Waals surface area contributed by atoms with Gasteiger partial charge in [0.05, 0.1) is 0 Å². The van der Waals surface area contributed by atoms with Gasteiger partial charge < -0.3 is 5.32 Å². The Morgan fingerprint density at radius 2 is 1.75 bits per heavy atom. The summed E-state index contributed by atoms with van der Waals surface area (Å²) in [5.74, 6) is 0. The van der Waals surface area contributed by atoms with Crippen molar-refractivity contribution in [1.82, 2.24) is 0 Å². The van der Waals surface area contributed by atoms with Gasteiger partial charge in [0.1, 0.15) is 0 Å². The molecule has 0 atom stereocenters. The Morgan fingerprint density at radius 3 is 2.44 bits per heavy atom. The maximum atomic E-state index is 3.63. The molecule has 0 aliphatic heterocycles. The first-order chi connectivity index (χ1) is 7.84. The third kappa shape index (κ3) is 1.71. The fourth-order valence-electron chi connectivity index (χ4n) is 2.16. The smallest absolute Gasteiger partial charge is 0.0422 e. The number of hydrogen-bond acceptors (Lipinski definition) is 1. The SMILES string of the molecule is Brc1ccc(NC2CCC2)c2ccccc12. The third-order valence-corrected chi connectivity index (χ3v) is 4.03. The number of hydrogen-bond donors (Lipinski definition) is 1. The third-order valence-electron chi connectivity index (χ3n) is 3.34. The lowest BCUT2D eigenvalue weighted by molar-refractivity contribution is 0.446. The van der Waals surface area contributed by atoms with Crippen molar-refractivity contribution in [2.45, 2.75) is 25.3 Å². The Hall–Kier alpha value is -1.02. The summed E-state index contributed by atoms with van der Waals surface area (Å²) in [7, 11) is 0. The van der Waals surface area contributed by atoms with Gasteiger partial charge in [-0.1, -0.05) is 40.2 Å². The molecule has 0 aromatic heterocycles. The first kappa shape index (κ1) is 10.2. The molecule has 0 heterocycles. The second kappa shape index (κ2) is 4.10. The molecule has 1 N–H and O–H groups in total. The molecule has 0 amide bonds. The minimum absolute atomic E-state index is 0.685. The zero-order chi connectivity index (χ0) is 11.0. The molecule has 1 aliphatic rings. The molecule has 0 unspecified atom stereocenters. The Morgan fingerprint density at radius 1 is 1.00 bits per heavy atom. The highest BCUT2D eigenvalue weighted by Crippen LogP contribution is 2.32. The van der Waals surface area contributed by atoms with Gasteiger partial charge in [0.2, 0.25) is 0 Å². The molecule has 1 nitrogen and oxygen atoms in total. The van der Waals surface area contributed by atoms with Crippen LogP contribution in [0.3, 0.4) is 0 Å². The van der Waals surface area contributed by atoms with Gasteiger partial charge in [-0.3, -0.25) is 0 Å². The summed E-state index contributed by atoms with van der Waals surface area (Å²) < 4.78 is 1.17. The number of benzene rings is 2. The van der Waals surface area contributed by atoms with E-state index in [2.05, 4.69) is 57.6 Å². The van der Waals surface area contributed by atoms with Crippen LogP contribution in [0.4, 0.5) is 5.69 Å². The van der Waals surface area contributed by atoms with Crippen molar-refractivity contribution < 1.29 is 0 Å². The topological polar surface area (TPSA) is 12.0 Å². The van der Waals surface area contributed by atoms with Crippen LogP contribution in [0, 0.1) is 0 Å². The highest BCUT2D eigenvalue weighted by molar-refractivity contribution is 9.10. The second-order valence-electron chi connectivity index (χ2n) is 4.41. The maximum absolute atomic E-state index is 3.63. The fraction of sp³-hybridized carbons (Fsp3) is 0.286. The monoisotopic (exact) mass is 275 g/mol. The minimum Gasteiger partial charge on any atom is -0.382 e. The number of nitrogens with one attached hydrogen (secondary N) is 1. The van der Waals surface area contributed by atoms with Gasteiger partial charge in [0.15, 0.2) is 0 Å². The van der Waals surface area contributed by atoms with Gasteiger partial charge in [-0.05, 0) is 36.8 Å². The fourth-order valence-corrected chi connectivity index (χ4v) is 2.64. The molecule has 0 saturated heterocycles. The lowest BCUT2D eigenvalue weighted by Gasteiger charge is -2.28. The predicted octanol–water partition coefficient (Wildman–Crippen LogP) is 4.57. The van der Waals surface area contributed by atoms with E-state index < -0.39 is 0 Å². The molecule has 2 aromatic rings. The molecule has 0 bridgehead atoms. The first-order valence-electron chi connectivity index (χ1n) is 5.78. The van der Waals surface area contributed by atoms with E-state index in [1.165, 1.54) is 40.2 Å². The van der Waals surface area contributed by atoms with Crippen LogP contribution in [-0.4, -0.2) is 6.04 Å². The summed E-state index contributed by atoms with van der Waals surface area (Å²) in [5, 5.41) is 6.22. The second-order valence-corrected chi connectivity index (χ2v) is 5.27. The standard InChI is InChI=1S/C14H14BrN/c15-13-8-9-14(16-10-4-3-5-10)12-7-2-1-6-11(12)13/h1-2,6-10,16H,3-5H2. The Balaban J connectivity index is 2.06. The average Bonchev–Trinajstić information content (AvgIpc) is 2.26. The van der Waals surface area contributed by atoms with Crippen LogP contribution in [0.2, 0.25) is 0 Å².